The Labute approximate surface area is 175 Å². The van der Waals surface area contributed by atoms with E-state index in [2.05, 4.69) is 42.5 Å². The summed E-state index contributed by atoms with van der Waals surface area (Å²) < 4.78 is 0. The minimum Gasteiger partial charge on any atom is -0.296 e. The first-order chi connectivity index (χ1) is 13.5. The molecule has 0 atom stereocenters. The van der Waals surface area contributed by atoms with E-state index in [4.69, 9.17) is 4.98 Å². The summed E-state index contributed by atoms with van der Waals surface area (Å²) in [6, 6.07) is 16.6. The minimum absolute atomic E-state index is 0.0336. The second-order valence-corrected chi connectivity index (χ2v) is 8.55. The SMILES string of the molecule is CSc1ccc(CN(C)Cc2csc(N(C(C)=O)c3cccc(C)c3)n2)cc1. The van der Waals surface area contributed by atoms with E-state index in [0.29, 0.717) is 5.13 Å². The van der Waals surface area contributed by atoms with E-state index in [1.807, 2.05) is 36.6 Å². The molecule has 28 heavy (non-hydrogen) atoms. The van der Waals surface area contributed by atoms with E-state index in [9.17, 15) is 4.79 Å². The van der Waals surface area contributed by atoms with Crippen LogP contribution in [-0.4, -0.2) is 29.1 Å². The van der Waals surface area contributed by atoms with Crippen LogP contribution >= 0.6 is 23.1 Å². The van der Waals surface area contributed by atoms with E-state index in [1.165, 1.54) is 21.8 Å². The zero-order valence-electron chi connectivity index (χ0n) is 16.7. The summed E-state index contributed by atoms with van der Waals surface area (Å²) in [4.78, 5) is 22.2. The Bertz CT molecular complexity index is 937. The Kier molecular flexibility index (Phi) is 6.88. The monoisotopic (exact) mass is 411 g/mol. The number of thiazole rings is 1. The summed E-state index contributed by atoms with van der Waals surface area (Å²) in [7, 11) is 2.09. The number of benzene rings is 2. The lowest BCUT2D eigenvalue weighted by Crippen LogP contribution is -2.23. The quantitative estimate of drug-likeness (QED) is 0.482. The lowest BCUT2D eigenvalue weighted by atomic mass is 10.2. The molecule has 0 spiro atoms. The molecule has 0 N–H and O–H groups in total. The number of carbonyl (C=O) groups is 1. The van der Waals surface area contributed by atoms with Gasteiger partial charge < -0.3 is 0 Å². The van der Waals surface area contributed by atoms with Gasteiger partial charge in [0.05, 0.1) is 11.4 Å². The van der Waals surface area contributed by atoms with Gasteiger partial charge in [-0.2, -0.15) is 0 Å². The van der Waals surface area contributed by atoms with Gasteiger partial charge in [-0.1, -0.05) is 24.3 Å². The van der Waals surface area contributed by atoms with Gasteiger partial charge in [-0.25, -0.2) is 4.98 Å². The smallest absolute Gasteiger partial charge is 0.230 e. The molecule has 0 unspecified atom stereocenters. The number of aryl methyl sites for hydroxylation is 1. The van der Waals surface area contributed by atoms with Crippen LogP contribution in [0.5, 0.6) is 0 Å². The first kappa shape index (κ1) is 20.6. The van der Waals surface area contributed by atoms with Crippen LogP contribution < -0.4 is 4.90 Å². The fourth-order valence-corrected chi connectivity index (χ4v) is 4.33. The molecule has 3 aromatic rings. The van der Waals surface area contributed by atoms with Crippen molar-refractivity contribution in [1.29, 1.82) is 0 Å². The van der Waals surface area contributed by atoms with Gasteiger partial charge in [-0.05, 0) is 55.6 Å². The molecule has 6 heteroatoms. The highest BCUT2D eigenvalue weighted by Crippen LogP contribution is 2.29. The fraction of sp³-hybridized carbons (Fsp3) is 0.273. The molecule has 146 valence electrons. The summed E-state index contributed by atoms with van der Waals surface area (Å²) in [5, 5.41) is 2.75. The lowest BCUT2D eigenvalue weighted by molar-refractivity contribution is -0.115. The second-order valence-electron chi connectivity index (χ2n) is 6.84. The van der Waals surface area contributed by atoms with Gasteiger partial charge in [-0.15, -0.1) is 23.1 Å². The van der Waals surface area contributed by atoms with Gasteiger partial charge in [0.25, 0.3) is 0 Å². The van der Waals surface area contributed by atoms with Gasteiger partial charge in [0, 0.05) is 30.3 Å². The molecule has 0 aliphatic heterocycles. The molecule has 1 aromatic heterocycles. The summed E-state index contributed by atoms with van der Waals surface area (Å²) in [6.07, 6.45) is 2.09. The predicted molar refractivity (Wildman–Crippen MR) is 120 cm³/mol. The summed E-state index contributed by atoms with van der Waals surface area (Å²) in [5.74, 6) is -0.0336. The third-order valence-corrected chi connectivity index (χ3v) is 5.97. The number of hydrogen-bond acceptors (Lipinski definition) is 5. The average molecular weight is 412 g/mol. The normalized spacial score (nSPS) is 11.0. The van der Waals surface area contributed by atoms with Crippen LogP contribution in [0.15, 0.2) is 58.8 Å². The van der Waals surface area contributed by atoms with Crippen LogP contribution in [0.25, 0.3) is 0 Å². The van der Waals surface area contributed by atoms with E-state index in [0.717, 1.165) is 30.0 Å². The van der Waals surface area contributed by atoms with E-state index in [1.54, 1.807) is 23.6 Å². The van der Waals surface area contributed by atoms with Crippen LogP contribution in [0.4, 0.5) is 10.8 Å². The highest BCUT2D eigenvalue weighted by molar-refractivity contribution is 7.98. The van der Waals surface area contributed by atoms with Gasteiger partial charge in [0.2, 0.25) is 5.91 Å². The Morgan fingerprint density at radius 1 is 1.14 bits per heavy atom. The Balaban J connectivity index is 1.70. The average Bonchev–Trinajstić information content (AvgIpc) is 3.10. The zero-order chi connectivity index (χ0) is 20.1. The van der Waals surface area contributed by atoms with Gasteiger partial charge in [0.1, 0.15) is 0 Å². The number of aromatic nitrogens is 1. The number of thioether (sulfide) groups is 1. The fourth-order valence-electron chi connectivity index (χ4n) is 3.04. The van der Waals surface area contributed by atoms with Crippen molar-refractivity contribution in [2.24, 2.45) is 0 Å². The number of anilines is 2. The van der Waals surface area contributed by atoms with Crippen LogP contribution in [0.1, 0.15) is 23.7 Å². The van der Waals surface area contributed by atoms with E-state index in [-0.39, 0.29) is 5.91 Å². The zero-order valence-corrected chi connectivity index (χ0v) is 18.3. The molecule has 0 saturated heterocycles. The number of nitrogens with zero attached hydrogens (tertiary/aromatic N) is 3. The molecule has 3 rings (SSSR count). The summed E-state index contributed by atoms with van der Waals surface area (Å²) in [5.41, 5.74) is 4.23. The molecule has 0 aliphatic rings. The number of rotatable bonds is 7. The Morgan fingerprint density at radius 2 is 1.89 bits per heavy atom. The van der Waals surface area contributed by atoms with Gasteiger partial charge >= 0.3 is 0 Å². The van der Waals surface area contributed by atoms with Crippen molar-refractivity contribution in [3.63, 3.8) is 0 Å². The van der Waals surface area contributed by atoms with E-state index < -0.39 is 0 Å². The molecule has 1 amide bonds. The number of amides is 1. The predicted octanol–water partition coefficient (Wildman–Crippen LogP) is 5.49. The summed E-state index contributed by atoms with van der Waals surface area (Å²) in [6.45, 7) is 5.19. The molecule has 4 nitrogen and oxygen atoms in total. The molecule has 0 fully saturated rings. The third-order valence-electron chi connectivity index (χ3n) is 4.35. The summed E-state index contributed by atoms with van der Waals surface area (Å²) >= 11 is 3.26. The number of hydrogen-bond donors (Lipinski definition) is 0. The highest BCUT2D eigenvalue weighted by Gasteiger charge is 2.18. The first-order valence-corrected chi connectivity index (χ1v) is 11.2. The maximum Gasteiger partial charge on any atom is 0.230 e. The lowest BCUT2D eigenvalue weighted by Gasteiger charge is -2.19. The highest BCUT2D eigenvalue weighted by atomic mass is 32.2. The molecule has 0 radical (unpaired) electrons. The van der Waals surface area contributed by atoms with Crippen molar-refractivity contribution < 1.29 is 4.79 Å². The number of carbonyl (C=O) groups excluding carboxylic acids is 1. The van der Waals surface area contributed by atoms with Gasteiger partial charge in [0.15, 0.2) is 5.13 Å². The maximum absolute atomic E-state index is 12.3. The van der Waals surface area contributed by atoms with Crippen molar-refractivity contribution in [3.05, 3.63) is 70.7 Å². The molecule has 1 heterocycles. The molecule has 2 aromatic carbocycles. The second kappa shape index (κ2) is 9.37. The van der Waals surface area contributed by atoms with Gasteiger partial charge in [-0.3, -0.25) is 14.6 Å². The van der Waals surface area contributed by atoms with Crippen molar-refractivity contribution >= 4 is 39.8 Å². The topological polar surface area (TPSA) is 36.4 Å². The van der Waals surface area contributed by atoms with Crippen LogP contribution in [0, 0.1) is 6.92 Å². The molecular weight excluding hydrogens is 386 g/mol. The largest absolute Gasteiger partial charge is 0.296 e. The Morgan fingerprint density at radius 3 is 2.54 bits per heavy atom. The van der Waals surface area contributed by atoms with Crippen molar-refractivity contribution in [1.82, 2.24) is 9.88 Å². The standard InChI is InChI=1S/C22H25N3OS2/c1-16-6-5-7-20(12-16)25(17(2)26)22-23-19(15-28-22)14-24(3)13-18-8-10-21(27-4)11-9-18/h5-12,15H,13-14H2,1-4H3. The first-order valence-electron chi connectivity index (χ1n) is 9.09. The third kappa shape index (κ3) is 5.22. The van der Waals surface area contributed by atoms with Crippen LogP contribution in [0.2, 0.25) is 0 Å². The molecule has 0 aliphatic carbocycles. The molecular formula is C22H25N3OS2. The molecule has 0 saturated carbocycles. The Hall–Kier alpha value is -2.15. The van der Waals surface area contributed by atoms with Crippen molar-refractivity contribution in [2.75, 3.05) is 18.2 Å². The maximum atomic E-state index is 12.3. The van der Waals surface area contributed by atoms with Crippen LogP contribution in [0.3, 0.4) is 0 Å². The van der Waals surface area contributed by atoms with Crippen molar-refractivity contribution in [3.8, 4) is 0 Å². The van der Waals surface area contributed by atoms with E-state index >= 15 is 0 Å². The van der Waals surface area contributed by atoms with Crippen molar-refractivity contribution in [2.45, 2.75) is 31.8 Å². The molecule has 0 bridgehead atoms. The minimum atomic E-state index is -0.0336. The van der Waals surface area contributed by atoms with Crippen LogP contribution in [-0.2, 0) is 17.9 Å².